The second kappa shape index (κ2) is 8.75. The van der Waals surface area contributed by atoms with Crippen molar-refractivity contribution in [3.63, 3.8) is 0 Å². The number of hydrogen-bond acceptors (Lipinski definition) is 4. The van der Waals surface area contributed by atoms with Gasteiger partial charge in [-0.3, -0.25) is 0 Å². The van der Waals surface area contributed by atoms with Crippen molar-refractivity contribution in [2.24, 2.45) is 0 Å². The molecule has 0 bridgehead atoms. The molecular formula is C24H30FN3O3. The standard InChI is InChI=1S/C24H30FN3O3/c1-28-13-12-24(16-8-9-20(30-2)21(14-16)31-3)11-10-17(15-22(24)28)26-23(29)27-19-7-5-4-6-18(19)25/h4-9,14,17,22H,10-13,15H2,1-3H3,(H2,26,27,29)/t17-,22+,24+/m1/s1. The number of carbonyl (C=O) groups is 1. The van der Waals surface area contributed by atoms with E-state index in [-0.39, 0.29) is 23.2 Å². The van der Waals surface area contributed by atoms with Crippen LogP contribution < -0.4 is 20.1 Å². The predicted octanol–water partition coefficient (Wildman–Crippen LogP) is 4.16. The fraction of sp³-hybridized carbons (Fsp3) is 0.458. The summed E-state index contributed by atoms with van der Waals surface area (Å²) in [6, 6.07) is 12.4. The predicted molar refractivity (Wildman–Crippen MR) is 118 cm³/mol. The van der Waals surface area contributed by atoms with Crippen molar-refractivity contribution in [1.82, 2.24) is 10.2 Å². The van der Waals surface area contributed by atoms with Crippen molar-refractivity contribution >= 4 is 11.7 Å². The molecule has 0 aromatic heterocycles. The topological polar surface area (TPSA) is 62.8 Å². The summed E-state index contributed by atoms with van der Waals surface area (Å²) in [5.74, 6) is 1.03. The maximum atomic E-state index is 13.8. The Bertz CT molecular complexity index is 953. The number of nitrogens with zero attached hydrogens (tertiary/aromatic N) is 1. The van der Waals surface area contributed by atoms with E-state index in [4.69, 9.17) is 9.47 Å². The summed E-state index contributed by atoms with van der Waals surface area (Å²) in [5, 5.41) is 5.68. The zero-order valence-corrected chi connectivity index (χ0v) is 18.3. The molecule has 2 N–H and O–H groups in total. The second-order valence-electron chi connectivity index (χ2n) is 8.52. The molecular weight excluding hydrogens is 397 g/mol. The van der Waals surface area contributed by atoms with Gasteiger partial charge in [0.25, 0.3) is 0 Å². The first-order valence-corrected chi connectivity index (χ1v) is 10.7. The molecule has 31 heavy (non-hydrogen) atoms. The van der Waals surface area contributed by atoms with Crippen LogP contribution in [0.5, 0.6) is 11.5 Å². The van der Waals surface area contributed by atoms with E-state index in [0.717, 1.165) is 43.7 Å². The molecule has 2 aliphatic rings. The first-order chi connectivity index (χ1) is 15.0. The van der Waals surface area contributed by atoms with Gasteiger partial charge in [0.2, 0.25) is 0 Å². The highest BCUT2D eigenvalue weighted by Gasteiger charge is 2.50. The van der Waals surface area contributed by atoms with Crippen LogP contribution in [-0.4, -0.2) is 50.8 Å². The molecule has 166 valence electrons. The van der Waals surface area contributed by atoms with Crippen LogP contribution in [0.3, 0.4) is 0 Å². The summed E-state index contributed by atoms with van der Waals surface area (Å²) in [6.07, 6.45) is 3.73. The van der Waals surface area contributed by atoms with Gasteiger partial charge in [-0.05, 0) is 69.1 Å². The van der Waals surface area contributed by atoms with Gasteiger partial charge < -0.3 is 25.0 Å². The van der Waals surface area contributed by atoms with Gasteiger partial charge >= 0.3 is 6.03 Å². The van der Waals surface area contributed by atoms with Crippen molar-refractivity contribution in [2.75, 3.05) is 33.1 Å². The fourth-order valence-corrected chi connectivity index (χ4v) is 5.30. The van der Waals surface area contributed by atoms with E-state index in [0.29, 0.717) is 6.04 Å². The number of fused-ring (bicyclic) bond motifs is 1. The first kappa shape index (κ1) is 21.4. The highest BCUT2D eigenvalue weighted by molar-refractivity contribution is 5.89. The van der Waals surface area contributed by atoms with E-state index in [9.17, 15) is 9.18 Å². The third-order valence-electron chi connectivity index (χ3n) is 6.94. The van der Waals surface area contributed by atoms with Gasteiger partial charge in [-0.25, -0.2) is 9.18 Å². The molecule has 3 atom stereocenters. The number of urea groups is 1. The number of anilines is 1. The number of benzene rings is 2. The number of halogens is 1. The number of methoxy groups -OCH3 is 2. The van der Waals surface area contributed by atoms with Crippen molar-refractivity contribution in [3.05, 3.63) is 53.8 Å². The summed E-state index contributed by atoms with van der Waals surface area (Å²) in [5.41, 5.74) is 1.47. The average Bonchev–Trinajstić information content (AvgIpc) is 3.12. The molecule has 0 unspecified atom stereocenters. The SMILES string of the molecule is COc1ccc([C@@]23CC[C@@H](NC(=O)Nc4ccccc4F)C[C@@H]2N(C)CC3)cc1OC. The molecule has 1 saturated carbocycles. The molecule has 4 rings (SSSR count). The number of hydrogen-bond donors (Lipinski definition) is 2. The lowest BCUT2D eigenvalue weighted by Crippen LogP contribution is -2.52. The van der Waals surface area contributed by atoms with E-state index >= 15 is 0 Å². The fourth-order valence-electron chi connectivity index (χ4n) is 5.30. The van der Waals surface area contributed by atoms with Crippen molar-refractivity contribution in [2.45, 2.75) is 43.2 Å². The zero-order chi connectivity index (χ0) is 22.0. The van der Waals surface area contributed by atoms with Crippen LogP contribution >= 0.6 is 0 Å². The Labute approximate surface area is 182 Å². The molecule has 0 spiro atoms. The third kappa shape index (κ3) is 4.06. The van der Waals surface area contributed by atoms with Gasteiger partial charge in [0.1, 0.15) is 5.82 Å². The third-order valence-corrected chi connectivity index (χ3v) is 6.94. The summed E-state index contributed by atoms with van der Waals surface area (Å²) < 4.78 is 24.8. The molecule has 0 radical (unpaired) electrons. The monoisotopic (exact) mass is 427 g/mol. The van der Waals surface area contributed by atoms with Gasteiger partial charge in [-0.1, -0.05) is 18.2 Å². The van der Waals surface area contributed by atoms with Crippen LogP contribution in [0.25, 0.3) is 0 Å². The number of ether oxygens (including phenoxy) is 2. The molecule has 1 aliphatic heterocycles. The molecule has 1 saturated heterocycles. The quantitative estimate of drug-likeness (QED) is 0.752. The largest absolute Gasteiger partial charge is 0.493 e. The van der Waals surface area contributed by atoms with Gasteiger partial charge in [-0.2, -0.15) is 0 Å². The van der Waals surface area contributed by atoms with E-state index in [2.05, 4.69) is 34.7 Å². The Kier molecular flexibility index (Phi) is 6.05. The maximum absolute atomic E-state index is 13.8. The number of rotatable bonds is 5. The number of carbonyl (C=O) groups excluding carboxylic acids is 1. The van der Waals surface area contributed by atoms with Gasteiger partial charge in [-0.15, -0.1) is 0 Å². The second-order valence-corrected chi connectivity index (χ2v) is 8.52. The molecule has 2 aromatic carbocycles. The Morgan fingerprint density at radius 2 is 1.90 bits per heavy atom. The maximum Gasteiger partial charge on any atom is 0.319 e. The minimum atomic E-state index is -0.440. The summed E-state index contributed by atoms with van der Waals surface area (Å²) in [4.78, 5) is 14.9. The van der Waals surface area contributed by atoms with Crippen LogP contribution in [0.15, 0.2) is 42.5 Å². The van der Waals surface area contributed by atoms with E-state index in [1.807, 2.05) is 6.07 Å². The number of likely N-dealkylation sites (tertiary alicyclic amines) is 1. The minimum Gasteiger partial charge on any atom is -0.493 e. The van der Waals surface area contributed by atoms with E-state index in [1.54, 1.807) is 32.4 Å². The van der Waals surface area contributed by atoms with Crippen LogP contribution in [0.4, 0.5) is 14.9 Å². The normalized spacial score (nSPS) is 25.5. The molecule has 6 nitrogen and oxygen atoms in total. The number of amides is 2. The highest BCUT2D eigenvalue weighted by Crippen LogP contribution is 2.49. The van der Waals surface area contributed by atoms with Crippen LogP contribution in [0.1, 0.15) is 31.2 Å². The molecule has 1 heterocycles. The first-order valence-electron chi connectivity index (χ1n) is 10.7. The van der Waals surface area contributed by atoms with Crippen molar-refractivity contribution < 1.29 is 18.7 Å². The zero-order valence-electron chi connectivity index (χ0n) is 18.3. The van der Waals surface area contributed by atoms with E-state index < -0.39 is 5.82 Å². The average molecular weight is 428 g/mol. The molecule has 1 aliphatic carbocycles. The Morgan fingerprint density at radius 1 is 1.13 bits per heavy atom. The molecule has 7 heteroatoms. The Hall–Kier alpha value is -2.80. The van der Waals surface area contributed by atoms with Crippen molar-refractivity contribution in [1.29, 1.82) is 0 Å². The Balaban J connectivity index is 1.49. The molecule has 2 fully saturated rings. The van der Waals surface area contributed by atoms with Crippen LogP contribution in [-0.2, 0) is 5.41 Å². The van der Waals surface area contributed by atoms with Gasteiger partial charge in [0.15, 0.2) is 11.5 Å². The molecule has 2 amide bonds. The van der Waals surface area contributed by atoms with E-state index in [1.165, 1.54) is 11.6 Å². The smallest absolute Gasteiger partial charge is 0.319 e. The van der Waals surface area contributed by atoms with Crippen LogP contribution in [0.2, 0.25) is 0 Å². The van der Waals surface area contributed by atoms with Crippen LogP contribution in [0, 0.1) is 5.82 Å². The minimum absolute atomic E-state index is 0.0223. The lowest BCUT2D eigenvalue weighted by Gasteiger charge is -2.45. The number of nitrogens with one attached hydrogen (secondary N) is 2. The molecule has 2 aromatic rings. The van der Waals surface area contributed by atoms with Crippen molar-refractivity contribution in [3.8, 4) is 11.5 Å². The van der Waals surface area contributed by atoms with Gasteiger partial charge in [0.05, 0.1) is 19.9 Å². The number of para-hydroxylation sites is 1. The lowest BCUT2D eigenvalue weighted by molar-refractivity contribution is 0.156. The highest BCUT2D eigenvalue weighted by atomic mass is 19.1. The lowest BCUT2D eigenvalue weighted by atomic mass is 9.65. The Morgan fingerprint density at radius 3 is 2.65 bits per heavy atom. The summed E-state index contributed by atoms with van der Waals surface area (Å²) in [7, 11) is 5.45. The van der Waals surface area contributed by atoms with Gasteiger partial charge in [0, 0.05) is 17.5 Å². The summed E-state index contributed by atoms with van der Waals surface area (Å²) >= 11 is 0. The number of likely N-dealkylation sites (N-methyl/N-ethyl adjacent to an activating group) is 1. The summed E-state index contributed by atoms with van der Waals surface area (Å²) in [6.45, 7) is 1.01.